The maximum atomic E-state index is 13.4. The van der Waals surface area contributed by atoms with Crippen molar-refractivity contribution < 1.29 is 19.1 Å². The molecule has 170 valence electrons. The minimum absolute atomic E-state index is 0.0345. The molecule has 0 spiro atoms. The van der Waals surface area contributed by atoms with Gasteiger partial charge in [-0.15, -0.1) is 0 Å². The summed E-state index contributed by atoms with van der Waals surface area (Å²) in [6, 6.07) is 14.9. The van der Waals surface area contributed by atoms with E-state index in [1.165, 1.54) is 0 Å². The van der Waals surface area contributed by atoms with Crippen LogP contribution in [-0.4, -0.2) is 80.0 Å². The van der Waals surface area contributed by atoms with E-state index in [0.29, 0.717) is 43.2 Å². The van der Waals surface area contributed by atoms with Gasteiger partial charge in [0.25, 0.3) is 5.91 Å². The van der Waals surface area contributed by atoms with Crippen molar-refractivity contribution in [3.8, 4) is 11.5 Å². The summed E-state index contributed by atoms with van der Waals surface area (Å²) in [6.45, 7) is 4.11. The van der Waals surface area contributed by atoms with Crippen molar-refractivity contribution in [2.75, 3.05) is 53.5 Å². The Labute approximate surface area is 189 Å². The summed E-state index contributed by atoms with van der Waals surface area (Å²) in [4.78, 5) is 32.5. The minimum atomic E-state index is -0.298. The van der Waals surface area contributed by atoms with E-state index in [4.69, 9.17) is 9.47 Å². The normalized spacial score (nSPS) is 17.8. The first-order valence-corrected chi connectivity index (χ1v) is 11.2. The van der Waals surface area contributed by atoms with Crippen LogP contribution in [0.1, 0.15) is 34.8 Å². The van der Waals surface area contributed by atoms with Gasteiger partial charge in [0.05, 0.1) is 14.2 Å². The van der Waals surface area contributed by atoms with Crippen LogP contribution in [0, 0.1) is 0 Å². The van der Waals surface area contributed by atoms with E-state index in [1.807, 2.05) is 40.1 Å². The quantitative estimate of drug-likeness (QED) is 0.696. The van der Waals surface area contributed by atoms with Crippen LogP contribution >= 0.6 is 0 Å². The molecule has 0 saturated carbocycles. The van der Waals surface area contributed by atoms with Crippen LogP contribution < -0.4 is 9.47 Å². The lowest BCUT2D eigenvalue weighted by Gasteiger charge is -2.40. The van der Waals surface area contributed by atoms with E-state index in [1.54, 1.807) is 32.4 Å². The molecule has 2 amide bonds. The molecule has 2 aliphatic heterocycles. The van der Waals surface area contributed by atoms with Gasteiger partial charge in [-0.25, -0.2) is 0 Å². The van der Waals surface area contributed by atoms with Gasteiger partial charge in [0, 0.05) is 44.8 Å². The number of carbonyl (C=O) groups excluding carboxylic acids is 2. The van der Waals surface area contributed by atoms with Crippen molar-refractivity contribution >= 4 is 11.8 Å². The number of rotatable bonds is 6. The molecule has 2 aromatic carbocycles. The third-order valence-corrected chi connectivity index (χ3v) is 6.36. The maximum absolute atomic E-state index is 13.4. The first-order valence-electron chi connectivity index (χ1n) is 11.2. The molecular formula is C25H31N3O4. The van der Waals surface area contributed by atoms with Crippen molar-refractivity contribution in [2.45, 2.75) is 18.9 Å². The number of hydrogen-bond donors (Lipinski definition) is 0. The Bertz CT molecular complexity index is 935. The van der Waals surface area contributed by atoms with Crippen LogP contribution in [0.2, 0.25) is 0 Å². The van der Waals surface area contributed by atoms with Crippen molar-refractivity contribution in [1.82, 2.24) is 14.7 Å². The molecule has 1 atom stereocenters. The largest absolute Gasteiger partial charge is 0.493 e. The monoisotopic (exact) mass is 437 g/mol. The number of nitrogens with zero attached hydrogens (tertiary/aromatic N) is 3. The Hall–Kier alpha value is -3.06. The van der Waals surface area contributed by atoms with Crippen LogP contribution in [0.25, 0.3) is 0 Å². The number of carbonyl (C=O) groups is 2. The van der Waals surface area contributed by atoms with Gasteiger partial charge in [-0.2, -0.15) is 0 Å². The highest BCUT2D eigenvalue weighted by atomic mass is 16.5. The zero-order valence-electron chi connectivity index (χ0n) is 18.8. The molecule has 2 aromatic rings. The van der Waals surface area contributed by atoms with Crippen molar-refractivity contribution in [1.29, 1.82) is 0 Å². The standard InChI is InChI=1S/C25H31N3O4/c1-31-21-11-10-20(18-22(21)32-2)24(29)28-16-14-26(15-17-28)23(19-8-4-3-5-9-19)25(30)27-12-6-7-13-27/h3-5,8-11,18,23H,6-7,12-17H2,1-2H3. The number of piperazine rings is 1. The van der Waals surface area contributed by atoms with E-state index in [0.717, 1.165) is 31.5 Å². The van der Waals surface area contributed by atoms with Gasteiger partial charge in [-0.05, 0) is 36.6 Å². The second-order valence-electron chi connectivity index (χ2n) is 8.24. The number of methoxy groups -OCH3 is 2. The molecule has 0 aromatic heterocycles. The molecule has 0 N–H and O–H groups in total. The average Bonchev–Trinajstić information content (AvgIpc) is 3.39. The Kier molecular flexibility index (Phi) is 6.95. The molecule has 0 aliphatic carbocycles. The van der Waals surface area contributed by atoms with Crippen molar-refractivity contribution in [3.63, 3.8) is 0 Å². The molecule has 2 heterocycles. The SMILES string of the molecule is COc1ccc(C(=O)N2CCN(C(C(=O)N3CCCC3)c3ccccc3)CC2)cc1OC. The third-order valence-electron chi connectivity index (χ3n) is 6.36. The third kappa shape index (κ3) is 4.58. The predicted octanol–water partition coefficient (Wildman–Crippen LogP) is 2.83. The second kappa shape index (κ2) is 10.0. The van der Waals surface area contributed by atoms with Gasteiger partial charge in [0.2, 0.25) is 5.91 Å². The van der Waals surface area contributed by atoms with Gasteiger partial charge in [0.1, 0.15) is 6.04 Å². The highest BCUT2D eigenvalue weighted by Gasteiger charge is 2.35. The van der Waals surface area contributed by atoms with Gasteiger partial charge in [-0.3, -0.25) is 14.5 Å². The molecule has 7 nitrogen and oxygen atoms in total. The molecule has 2 aliphatic rings. The van der Waals surface area contributed by atoms with Gasteiger partial charge in [0.15, 0.2) is 11.5 Å². The number of amides is 2. The fourth-order valence-electron chi connectivity index (χ4n) is 4.59. The average molecular weight is 438 g/mol. The van der Waals surface area contributed by atoms with Gasteiger partial charge >= 0.3 is 0 Å². The molecule has 4 rings (SSSR count). The number of likely N-dealkylation sites (tertiary alicyclic amines) is 1. The van der Waals surface area contributed by atoms with Gasteiger partial charge < -0.3 is 19.3 Å². The first kappa shape index (κ1) is 22.1. The fraction of sp³-hybridized carbons (Fsp3) is 0.440. The summed E-state index contributed by atoms with van der Waals surface area (Å²) >= 11 is 0. The lowest BCUT2D eigenvalue weighted by Crippen LogP contribution is -2.52. The topological polar surface area (TPSA) is 62.3 Å². The summed E-state index contributed by atoms with van der Waals surface area (Å²) in [5.41, 5.74) is 1.59. The number of benzene rings is 2. The fourth-order valence-corrected chi connectivity index (χ4v) is 4.59. The predicted molar refractivity (Wildman–Crippen MR) is 122 cm³/mol. The lowest BCUT2D eigenvalue weighted by atomic mass is 10.0. The molecule has 0 bridgehead atoms. The summed E-state index contributed by atoms with van der Waals surface area (Å²) in [5, 5.41) is 0. The van der Waals surface area contributed by atoms with Crippen molar-refractivity contribution in [3.05, 3.63) is 59.7 Å². The molecule has 2 saturated heterocycles. The van der Waals surface area contributed by atoms with E-state index in [9.17, 15) is 9.59 Å². The Balaban J connectivity index is 1.47. The van der Waals surface area contributed by atoms with E-state index < -0.39 is 0 Å². The number of hydrogen-bond acceptors (Lipinski definition) is 5. The molecule has 2 fully saturated rings. The summed E-state index contributed by atoms with van der Waals surface area (Å²) in [6.07, 6.45) is 2.14. The first-order chi connectivity index (χ1) is 15.6. The second-order valence-corrected chi connectivity index (χ2v) is 8.24. The van der Waals surface area contributed by atoms with E-state index >= 15 is 0 Å². The molecule has 1 unspecified atom stereocenters. The zero-order chi connectivity index (χ0) is 22.5. The zero-order valence-corrected chi connectivity index (χ0v) is 18.8. The summed E-state index contributed by atoms with van der Waals surface area (Å²) in [5.74, 6) is 1.28. The Morgan fingerprint density at radius 1 is 0.781 bits per heavy atom. The van der Waals surface area contributed by atoms with Crippen LogP contribution in [0.5, 0.6) is 11.5 Å². The molecule has 7 heteroatoms. The van der Waals surface area contributed by atoms with Crippen LogP contribution in [0.3, 0.4) is 0 Å². The van der Waals surface area contributed by atoms with E-state index in [-0.39, 0.29) is 17.9 Å². The summed E-state index contributed by atoms with van der Waals surface area (Å²) < 4.78 is 10.6. The van der Waals surface area contributed by atoms with Gasteiger partial charge in [-0.1, -0.05) is 30.3 Å². The Morgan fingerprint density at radius 3 is 2.06 bits per heavy atom. The minimum Gasteiger partial charge on any atom is -0.493 e. The van der Waals surface area contributed by atoms with Crippen molar-refractivity contribution in [2.24, 2.45) is 0 Å². The van der Waals surface area contributed by atoms with Crippen LogP contribution in [0.15, 0.2) is 48.5 Å². The molecule has 32 heavy (non-hydrogen) atoms. The highest BCUT2D eigenvalue weighted by molar-refractivity contribution is 5.95. The summed E-state index contributed by atoms with van der Waals surface area (Å²) in [7, 11) is 3.14. The highest BCUT2D eigenvalue weighted by Crippen LogP contribution is 2.29. The van der Waals surface area contributed by atoms with Crippen LogP contribution in [0.4, 0.5) is 0 Å². The smallest absolute Gasteiger partial charge is 0.254 e. The number of ether oxygens (including phenoxy) is 2. The molecule has 0 radical (unpaired) electrons. The van der Waals surface area contributed by atoms with E-state index in [2.05, 4.69) is 4.90 Å². The molecular weight excluding hydrogens is 406 g/mol. The lowest BCUT2D eigenvalue weighted by molar-refractivity contribution is -0.136. The Morgan fingerprint density at radius 2 is 1.44 bits per heavy atom. The van der Waals surface area contributed by atoms with Crippen LogP contribution in [-0.2, 0) is 4.79 Å². The maximum Gasteiger partial charge on any atom is 0.254 e.